The molecule has 1 atom stereocenters. The summed E-state index contributed by atoms with van der Waals surface area (Å²) < 4.78 is 27.8. The molecule has 1 unspecified atom stereocenters. The van der Waals surface area contributed by atoms with Gasteiger partial charge in [0.2, 0.25) is 0 Å². The van der Waals surface area contributed by atoms with Crippen LogP contribution in [0.1, 0.15) is 26.3 Å². The molecule has 0 aliphatic heterocycles. The Morgan fingerprint density at radius 1 is 1.40 bits per heavy atom. The number of halogens is 1. The maximum Gasteiger partial charge on any atom is 0.144 e. The highest BCUT2D eigenvalue weighted by Crippen LogP contribution is 2.16. The molecule has 0 spiro atoms. The first-order valence-electron chi connectivity index (χ1n) is 4.61. The Balaban J connectivity index is 2.74. The minimum absolute atomic E-state index is 0.319. The first kappa shape index (κ1) is 12.2. The van der Waals surface area contributed by atoms with Crippen molar-refractivity contribution in [3.8, 4) is 0 Å². The van der Waals surface area contributed by atoms with Crippen LogP contribution < -0.4 is 0 Å². The predicted molar refractivity (Wildman–Crippen MR) is 61.9 cm³/mol. The van der Waals surface area contributed by atoms with Gasteiger partial charge in [-0.2, -0.15) is 0 Å². The average Bonchev–Trinajstić information content (AvgIpc) is 2.12. The molecule has 0 heterocycles. The Hall–Kier alpha value is -0.870. The highest BCUT2D eigenvalue weighted by molar-refractivity contribution is 7.91. The quantitative estimate of drug-likeness (QED) is 0.565. The first-order chi connectivity index (χ1) is 6.89. The molecule has 0 fully saturated rings. The van der Waals surface area contributed by atoms with Crippen molar-refractivity contribution in [1.29, 1.82) is 0 Å². The number of nitrogens with zero attached hydrogens (tertiary/aromatic N) is 1. The highest BCUT2D eigenvalue weighted by atomic mass is 32.2. The van der Waals surface area contributed by atoms with Crippen LogP contribution in [0, 0.1) is 5.82 Å². The fourth-order valence-electron chi connectivity index (χ4n) is 0.854. The van der Waals surface area contributed by atoms with Crippen LogP contribution in [-0.4, -0.2) is 15.5 Å². The maximum absolute atomic E-state index is 12.8. The second kappa shape index (κ2) is 4.77. The monoisotopic (exact) mass is 227 g/mol. The third-order valence-corrected chi connectivity index (χ3v) is 3.01. The Labute approximate surface area is 92.5 Å². The van der Waals surface area contributed by atoms with Crippen LogP contribution in [0.2, 0.25) is 0 Å². The smallest absolute Gasteiger partial charge is 0.144 e. The lowest BCUT2D eigenvalue weighted by Crippen LogP contribution is -2.25. The fourth-order valence-corrected chi connectivity index (χ4v) is 1.39. The Morgan fingerprint density at radius 3 is 2.60 bits per heavy atom. The topological polar surface area (TPSA) is 35.4 Å². The molecule has 0 aromatic heterocycles. The van der Waals surface area contributed by atoms with E-state index in [0.29, 0.717) is 5.56 Å². The zero-order valence-electron chi connectivity index (χ0n) is 9.03. The van der Waals surface area contributed by atoms with Crippen LogP contribution >= 0.6 is 0 Å². The summed E-state index contributed by atoms with van der Waals surface area (Å²) in [7, 11) is 0. The average molecular weight is 227 g/mol. The summed E-state index contributed by atoms with van der Waals surface area (Å²) in [6.07, 6.45) is 1.43. The Morgan fingerprint density at radius 2 is 2.07 bits per heavy atom. The molecule has 0 amide bonds. The SMILES string of the molecule is CC(C)(C)[S+]([O-])N=Cc1cccc(F)c1. The number of hydrogen-bond acceptors (Lipinski definition) is 2. The van der Waals surface area contributed by atoms with Crippen molar-refractivity contribution in [3.63, 3.8) is 0 Å². The van der Waals surface area contributed by atoms with Crippen LogP contribution in [0.4, 0.5) is 4.39 Å². The van der Waals surface area contributed by atoms with Crippen molar-refractivity contribution < 1.29 is 8.94 Å². The normalized spacial score (nSPS) is 14.5. The van der Waals surface area contributed by atoms with Gasteiger partial charge in [-0.3, -0.25) is 0 Å². The lowest BCUT2D eigenvalue weighted by Gasteiger charge is -2.17. The van der Waals surface area contributed by atoms with E-state index >= 15 is 0 Å². The Bertz CT molecular complexity index is 360. The minimum atomic E-state index is -1.30. The molecular weight excluding hydrogens is 213 g/mol. The molecule has 82 valence electrons. The molecule has 1 aromatic rings. The zero-order valence-corrected chi connectivity index (χ0v) is 9.84. The van der Waals surface area contributed by atoms with E-state index in [1.165, 1.54) is 18.3 Å². The second-order valence-electron chi connectivity index (χ2n) is 4.15. The van der Waals surface area contributed by atoms with Crippen molar-refractivity contribution in [2.75, 3.05) is 0 Å². The second-order valence-corrected chi connectivity index (χ2v) is 6.08. The minimum Gasteiger partial charge on any atom is -0.591 e. The van der Waals surface area contributed by atoms with Gasteiger partial charge in [-0.25, -0.2) is 4.39 Å². The van der Waals surface area contributed by atoms with E-state index in [1.807, 2.05) is 20.8 Å². The van der Waals surface area contributed by atoms with E-state index in [-0.39, 0.29) is 10.6 Å². The third kappa shape index (κ3) is 4.01. The van der Waals surface area contributed by atoms with Crippen molar-refractivity contribution >= 4 is 17.6 Å². The van der Waals surface area contributed by atoms with Crippen LogP contribution in [0.15, 0.2) is 28.7 Å². The van der Waals surface area contributed by atoms with Crippen molar-refractivity contribution in [3.05, 3.63) is 35.6 Å². The van der Waals surface area contributed by atoms with Gasteiger partial charge in [-0.05, 0) is 32.9 Å². The molecular formula is C11H14FNOS. The highest BCUT2D eigenvalue weighted by Gasteiger charge is 2.25. The summed E-state index contributed by atoms with van der Waals surface area (Å²) in [5.41, 5.74) is 0.618. The molecule has 2 nitrogen and oxygen atoms in total. The van der Waals surface area contributed by atoms with Gasteiger partial charge in [0.1, 0.15) is 21.9 Å². The molecule has 0 aliphatic rings. The van der Waals surface area contributed by atoms with Crippen molar-refractivity contribution in [2.24, 2.45) is 4.40 Å². The van der Waals surface area contributed by atoms with Crippen LogP contribution in [0.5, 0.6) is 0 Å². The zero-order chi connectivity index (χ0) is 11.5. The van der Waals surface area contributed by atoms with E-state index in [2.05, 4.69) is 4.40 Å². The van der Waals surface area contributed by atoms with E-state index in [4.69, 9.17) is 0 Å². The molecule has 1 aromatic carbocycles. The number of rotatable bonds is 2. The summed E-state index contributed by atoms with van der Waals surface area (Å²) >= 11 is -1.30. The van der Waals surface area contributed by atoms with E-state index < -0.39 is 11.4 Å². The summed E-state index contributed by atoms with van der Waals surface area (Å²) in [6.45, 7) is 5.52. The molecule has 1 rings (SSSR count). The molecule has 0 radical (unpaired) electrons. The molecule has 0 saturated carbocycles. The molecule has 0 saturated heterocycles. The van der Waals surface area contributed by atoms with Crippen LogP contribution in [0.25, 0.3) is 0 Å². The molecule has 0 N–H and O–H groups in total. The number of hydrogen-bond donors (Lipinski definition) is 0. The van der Waals surface area contributed by atoms with Gasteiger partial charge in [0.05, 0.1) is 6.21 Å². The van der Waals surface area contributed by atoms with Gasteiger partial charge in [0, 0.05) is 5.56 Å². The van der Waals surface area contributed by atoms with E-state index in [0.717, 1.165) is 0 Å². The molecule has 4 heteroatoms. The fraction of sp³-hybridized carbons (Fsp3) is 0.364. The van der Waals surface area contributed by atoms with Gasteiger partial charge >= 0.3 is 0 Å². The van der Waals surface area contributed by atoms with Crippen LogP contribution in [0.3, 0.4) is 0 Å². The van der Waals surface area contributed by atoms with Crippen LogP contribution in [-0.2, 0) is 11.4 Å². The Kier molecular flexibility index (Phi) is 3.88. The van der Waals surface area contributed by atoms with Gasteiger partial charge in [0.25, 0.3) is 0 Å². The maximum atomic E-state index is 12.8. The molecule has 15 heavy (non-hydrogen) atoms. The van der Waals surface area contributed by atoms with Gasteiger partial charge in [0.15, 0.2) is 0 Å². The lowest BCUT2D eigenvalue weighted by atomic mass is 10.2. The van der Waals surface area contributed by atoms with Crippen molar-refractivity contribution in [2.45, 2.75) is 25.5 Å². The summed E-state index contributed by atoms with van der Waals surface area (Å²) in [5, 5.41) is 0. The number of benzene rings is 1. The van der Waals surface area contributed by atoms with Gasteiger partial charge in [-0.15, -0.1) is 0 Å². The summed E-state index contributed by atoms with van der Waals surface area (Å²) in [6, 6.07) is 6.02. The third-order valence-electron chi connectivity index (χ3n) is 1.67. The molecule has 0 bridgehead atoms. The van der Waals surface area contributed by atoms with E-state index in [9.17, 15) is 8.94 Å². The lowest BCUT2D eigenvalue weighted by molar-refractivity contribution is 0.562. The van der Waals surface area contributed by atoms with E-state index in [1.54, 1.807) is 12.1 Å². The first-order valence-corrected chi connectivity index (χ1v) is 5.72. The van der Waals surface area contributed by atoms with Crippen molar-refractivity contribution in [1.82, 2.24) is 0 Å². The van der Waals surface area contributed by atoms with Gasteiger partial charge in [-0.1, -0.05) is 16.5 Å². The largest absolute Gasteiger partial charge is 0.591 e. The van der Waals surface area contributed by atoms with Gasteiger partial charge < -0.3 is 4.55 Å². The predicted octanol–water partition coefficient (Wildman–Crippen LogP) is 2.71. The summed E-state index contributed by atoms with van der Waals surface area (Å²) in [5.74, 6) is -0.319. The molecule has 0 aliphatic carbocycles. The summed E-state index contributed by atoms with van der Waals surface area (Å²) in [4.78, 5) is 0. The standard InChI is InChI=1S/C11H14FNOS/c1-11(2,3)15(14)13-8-9-5-4-6-10(12)7-9/h4-8H,1-3H3.